The number of amidine groups is 1. The van der Waals surface area contributed by atoms with E-state index in [1.54, 1.807) is 0 Å². The fraction of sp³-hybridized carbons (Fsp3) is 0.154. The number of carbonyl (C=O) groups is 2. The van der Waals surface area contributed by atoms with Crippen molar-refractivity contribution >= 4 is 23.8 Å². The number of phenolic OH excluding ortho intramolecular Hbond substituents is 1. The summed E-state index contributed by atoms with van der Waals surface area (Å²) >= 11 is 0. The summed E-state index contributed by atoms with van der Waals surface area (Å²) < 4.78 is 18.3. The quantitative estimate of drug-likeness (QED) is 0.805. The van der Waals surface area contributed by atoms with Gasteiger partial charge in [0, 0.05) is 7.05 Å². The largest absolute Gasteiger partial charge is 0.502 e. The molecule has 1 aliphatic rings. The van der Waals surface area contributed by atoms with Crippen molar-refractivity contribution in [2.45, 2.75) is 0 Å². The van der Waals surface area contributed by atoms with Crippen molar-refractivity contribution in [1.82, 2.24) is 4.90 Å². The molecule has 1 aliphatic heterocycles. The summed E-state index contributed by atoms with van der Waals surface area (Å²) in [6.45, 7) is 0. The summed E-state index contributed by atoms with van der Waals surface area (Å²) in [5, 5.41) is 18.3. The number of halogens is 1. The van der Waals surface area contributed by atoms with Crippen molar-refractivity contribution in [2.75, 3.05) is 14.2 Å². The minimum absolute atomic E-state index is 0.108. The molecule has 1 amide bonds. The summed E-state index contributed by atoms with van der Waals surface area (Å²) in [5.41, 5.74) is 0.0522. The predicted molar refractivity (Wildman–Crippen MR) is 70.4 cm³/mol. The minimum Gasteiger partial charge on any atom is -0.502 e. The zero-order chi connectivity index (χ0) is 15.7. The minimum atomic E-state index is -1.34. The number of carboxylic acid groups (broad SMARTS) is 1. The number of aliphatic carboxylic acids is 1. The van der Waals surface area contributed by atoms with Crippen LogP contribution in [0.3, 0.4) is 0 Å². The van der Waals surface area contributed by atoms with Crippen LogP contribution in [0.4, 0.5) is 4.39 Å². The Balaban J connectivity index is 2.47. The highest BCUT2D eigenvalue weighted by molar-refractivity contribution is 6.41. The Labute approximate surface area is 118 Å². The number of ether oxygens (including phenoxy) is 1. The SMILES string of the molecule is COc1cc(/C=C2/N=C(C(=O)O)N(C)C2=O)cc(F)c1O. The lowest BCUT2D eigenvalue weighted by molar-refractivity contribution is -0.131. The van der Waals surface area contributed by atoms with Gasteiger partial charge in [0.1, 0.15) is 5.70 Å². The molecule has 2 N–H and O–H groups in total. The van der Waals surface area contributed by atoms with Crippen molar-refractivity contribution in [3.05, 3.63) is 29.2 Å². The van der Waals surface area contributed by atoms with Crippen molar-refractivity contribution in [1.29, 1.82) is 0 Å². The number of aliphatic imine (C=N–C) groups is 1. The lowest BCUT2D eigenvalue weighted by atomic mass is 10.1. The summed E-state index contributed by atoms with van der Waals surface area (Å²) in [7, 11) is 2.52. The number of likely N-dealkylation sites (N-methyl/N-ethyl adjacent to an activating group) is 1. The number of benzene rings is 1. The number of nitrogens with zero attached hydrogens (tertiary/aromatic N) is 2. The van der Waals surface area contributed by atoms with Crippen molar-refractivity contribution < 1.29 is 28.9 Å². The van der Waals surface area contributed by atoms with Gasteiger partial charge in [-0.2, -0.15) is 0 Å². The molecule has 0 bridgehead atoms. The molecule has 0 radical (unpaired) electrons. The van der Waals surface area contributed by atoms with Crippen LogP contribution in [0.5, 0.6) is 11.5 Å². The van der Waals surface area contributed by atoms with E-state index in [2.05, 4.69) is 4.99 Å². The van der Waals surface area contributed by atoms with Gasteiger partial charge in [-0.15, -0.1) is 0 Å². The first-order chi connectivity index (χ1) is 9.85. The van der Waals surface area contributed by atoms with E-state index in [0.717, 1.165) is 11.0 Å². The third kappa shape index (κ3) is 2.55. The van der Waals surface area contributed by atoms with Gasteiger partial charge in [-0.25, -0.2) is 14.2 Å². The molecular weight excluding hydrogens is 283 g/mol. The smallest absolute Gasteiger partial charge is 0.372 e. The van der Waals surface area contributed by atoms with Gasteiger partial charge in [-0.05, 0) is 23.8 Å². The molecule has 2 rings (SSSR count). The molecule has 1 aromatic carbocycles. The Morgan fingerprint density at radius 2 is 2.14 bits per heavy atom. The summed E-state index contributed by atoms with van der Waals surface area (Å²) in [5.74, 6) is -4.07. The number of methoxy groups -OCH3 is 1. The first-order valence-electron chi connectivity index (χ1n) is 5.73. The molecule has 0 saturated carbocycles. The monoisotopic (exact) mass is 294 g/mol. The van der Waals surface area contributed by atoms with Crippen molar-refractivity contribution in [3.63, 3.8) is 0 Å². The van der Waals surface area contributed by atoms with Crippen molar-refractivity contribution in [2.24, 2.45) is 4.99 Å². The number of amides is 1. The van der Waals surface area contributed by atoms with Gasteiger partial charge in [-0.1, -0.05) is 0 Å². The van der Waals surface area contributed by atoms with Gasteiger partial charge in [0.2, 0.25) is 5.84 Å². The zero-order valence-electron chi connectivity index (χ0n) is 11.1. The number of carboxylic acids is 1. The van der Waals surface area contributed by atoms with Gasteiger partial charge < -0.3 is 14.9 Å². The maximum atomic E-state index is 13.5. The number of carbonyl (C=O) groups excluding carboxylic acids is 1. The number of aromatic hydroxyl groups is 1. The molecule has 0 aromatic heterocycles. The third-order valence-electron chi connectivity index (χ3n) is 2.83. The maximum absolute atomic E-state index is 13.5. The molecule has 0 fully saturated rings. The molecule has 110 valence electrons. The highest BCUT2D eigenvalue weighted by Gasteiger charge is 2.31. The maximum Gasteiger partial charge on any atom is 0.372 e. The van der Waals surface area contributed by atoms with Gasteiger partial charge >= 0.3 is 5.97 Å². The van der Waals surface area contributed by atoms with Gasteiger partial charge in [-0.3, -0.25) is 9.69 Å². The number of hydrogen-bond donors (Lipinski definition) is 2. The van der Waals surface area contributed by atoms with Crippen LogP contribution in [-0.4, -0.2) is 47.0 Å². The van der Waals surface area contributed by atoms with Crippen LogP contribution in [0.25, 0.3) is 6.08 Å². The van der Waals surface area contributed by atoms with E-state index in [4.69, 9.17) is 9.84 Å². The predicted octanol–water partition coefficient (Wildman–Crippen LogP) is 0.836. The topological polar surface area (TPSA) is 99.4 Å². The number of phenols is 1. The zero-order valence-corrected chi connectivity index (χ0v) is 11.1. The second-order valence-electron chi connectivity index (χ2n) is 4.19. The normalized spacial score (nSPS) is 16.3. The molecule has 0 saturated heterocycles. The molecule has 1 heterocycles. The molecule has 0 atom stereocenters. The van der Waals surface area contributed by atoms with Crippen LogP contribution in [-0.2, 0) is 9.59 Å². The number of rotatable bonds is 3. The van der Waals surface area contributed by atoms with E-state index in [1.165, 1.54) is 26.3 Å². The highest BCUT2D eigenvalue weighted by Crippen LogP contribution is 2.31. The molecule has 7 nitrogen and oxygen atoms in total. The Morgan fingerprint density at radius 1 is 1.48 bits per heavy atom. The lowest BCUT2D eigenvalue weighted by Gasteiger charge is -2.07. The molecule has 1 aromatic rings. The van der Waals surface area contributed by atoms with Crippen molar-refractivity contribution in [3.8, 4) is 11.5 Å². The van der Waals surface area contributed by atoms with E-state index >= 15 is 0 Å². The summed E-state index contributed by atoms with van der Waals surface area (Å²) in [6.07, 6.45) is 1.21. The molecule has 0 aliphatic carbocycles. The van der Waals surface area contributed by atoms with E-state index in [-0.39, 0.29) is 17.0 Å². The van der Waals surface area contributed by atoms with Crippen LogP contribution in [0, 0.1) is 5.82 Å². The van der Waals surface area contributed by atoms with E-state index < -0.39 is 29.3 Å². The Bertz CT molecular complexity index is 696. The van der Waals surface area contributed by atoms with Crippen LogP contribution in [0.15, 0.2) is 22.8 Å². The van der Waals surface area contributed by atoms with E-state index in [1.807, 2.05) is 0 Å². The van der Waals surface area contributed by atoms with Gasteiger partial charge in [0.05, 0.1) is 7.11 Å². The fourth-order valence-electron chi connectivity index (χ4n) is 1.78. The second kappa shape index (κ2) is 5.23. The Morgan fingerprint density at radius 3 is 2.67 bits per heavy atom. The third-order valence-corrected chi connectivity index (χ3v) is 2.83. The van der Waals surface area contributed by atoms with Gasteiger partial charge in [0.25, 0.3) is 5.91 Å². The van der Waals surface area contributed by atoms with E-state index in [0.29, 0.717) is 0 Å². The first kappa shape index (κ1) is 14.5. The van der Waals surface area contributed by atoms with Crippen LogP contribution >= 0.6 is 0 Å². The highest BCUT2D eigenvalue weighted by atomic mass is 19.1. The molecule has 0 unspecified atom stereocenters. The average Bonchev–Trinajstić information content (AvgIpc) is 2.71. The first-order valence-corrected chi connectivity index (χ1v) is 5.73. The molecule has 21 heavy (non-hydrogen) atoms. The summed E-state index contributed by atoms with van der Waals surface area (Å²) in [6, 6.07) is 2.28. The van der Waals surface area contributed by atoms with Crippen LogP contribution < -0.4 is 4.74 Å². The molecule has 0 spiro atoms. The second-order valence-corrected chi connectivity index (χ2v) is 4.19. The molecule has 8 heteroatoms. The number of hydrogen-bond acceptors (Lipinski definition) is 5. The average molecular weight is 294 g/mol. The summed E-state index contributed by atoms with van der Waals surface area (Å²) in [4.78, 5) is 27.3. The lowest BCUT2D eigenvalue weighted by Crippen LogP contribution is -2.32. The van der Waals surface area contributed by atoms with Crippen LogP contribution in [0.1, 0.15) is 5.56 Å². The van der Waals surface area contributed by atoms with Gasteiger partial charge in [0.15, 0.2) is 17.3 Å². The Hall–Kier alpha value is -2.90. The van der Waals surface area contributed by atoms with E-state index in [9.17, 15) is 19.1 Å². The Kier molecular flexibility index (Phi) is 3.62. The van der Waals surface area contributed by atoms with Crippen LogP contribution in [0.2, 0.25) is 0 Å². The molecular formula is C13H11FN2O5. The standard InChI is InChI=1S/C13H11FN2O5/c1-16-11(13(19)20)15-8(12(16)18)4-6-3-7(14)10(17)9(5-6)21-2/h3-5,17H,1-2H3,(H,19,20)/b8-4+. The fourth-order valence-corrected chi connectivity index (χ4v) is 1.78.